The summed E-state index contributed by atoms with van der Waals surface area (Å²) in [5.41, 5.74) is 0. The topological polar surface area (TPSA) is 27.6 Å². The Labute approximate surface area is 55.8 Å². The Kier molecular flexibility index (Phi) is 2.51. The van der Waals surface area contributed by atoms with E-state index in [1.165, 1.54) is 0 Å². The lowest BCUT2D eigenvalue weighted by Crippen LogP contribution is -2.42. The average molecular weight is 127 g/mol. The van der Waals surface area contributed by atoms with E-state index in [0.29, 0.717) is 0 Å². The molecule has 0 amide bonds. The predicted octanol–water partition coefficient (Wildman–Crippen LogP) is -0.450. The second-order valence-electron chi connectivity index (χ2n) is 2.16. The van der Waals surface area contributed by atoms with Crippen molar-refractivity contribution >= 4 is 6.34 Å². The first-order chi connectivity index (χ1) is 4.43. The zero-order chi connectivity index (χ0) is 6.53. The molecule has 0 aromatic heterocycles. The Balaban J connectivity index is 2.23. The van der Waals surface area contributed by atoms with Gasteiger partial charge in [-0.05, 0) is 0 Å². The summed E-state index contributed by atoms with van der Waals surface area (Å²) in [6.45, 7) is 4.37. The van der Waals surface area contributed by atoms with Gasteiger partial charge in [-0.1, -0.05) is 0 Å². The minimum absolute atomic E-state index is 1.09. The number of nitrogens with one attached hydrogen (secondary N) is 1. The normalized spacial score (nSPS) is 21.2. The van der Waals surface area contributed by atoms with Crippen LogP contribution in [0.2, 0.25) is 0 Å². The van der Waals surface area contributed by atoms with Gasteiger partial charge in [0.25, 0.3) is 0 Å². The highest BCUT2D eigenvalue weighted by Crippen LogP contribution is 1.85. The van der Waals surface area contributed by atoms with E-state index in [9.17, 15) is 0 Å². The molecule has 1 fully saturated rings. The fourth-order valence-electron chi connectivity index (χ4n) is 0.961. The van der Waals surface area contributed by atoms with E-state index < -0.39 is 0 Å². The smallest absolute Gasteiger partial charge is 0.0847 e. The molecule has 0 radical (unpaired) electrons. The molecule has 0 bridgehead atoms. The van der Waals surface area contributed by atoms with Crippen LogP contribution in [0.5, 0.6) is 0 Å². The van der Waals surface area contributed by atoms with Crippen molar-refractivity contribution in [1.29, 1.82) is 0 Å². The summed E-state index contributed by atoms with van der Waals surface area (Å²) in [5, 5.41) is 3.27. The van der Waals surface area contributed by atoms with Crippen molar-refractivity contribution in [3.8, 4) is 0 Å². The van der Waals surface area contributed by atoms with Crippen molar-refractivity contribution in [3.05, 3.63) is 0 Å². The first-order valence-electron chi connectivity index (χ1n) is 3.30. The Morgan fingerprint density at radius 3 is 2.67 bits per heavy atom. The summed E-state index contributed by atoms with van der Waals surface area (Å²) in [6, 6.07) is 0. The SMILES string of the molecule is CN=CN1CCNCC1. The van der Waals surface area contributed by atoms with Crippen LogP contribution in [0, 0.1) is 0 Å². The molecule has 1 aliphatic rings. The minimum Gasteiger partial charge on any atom is -0.360 e. The molecule has 0 aliphatic carbocycles. The lowest BCUT2D eigenvalue weighted by Gasteiger charge is -2.24. The Bertz CT molecular complexity index is 94.5. The van der Waals surface area contributed by atoms with Gasteiger partial charge in [0.15, 0.2) is 0 Å². The van der Waals surface area contributed by atoms with Crippen LogP contribution in [0.3, 0.4) is 0 Å². The van der Waals surface area contributed by atoms with E-state index in [2.05, 4.69) is 15.2 Å². The summed E-state index contributed by atoms with van der Waals surface area (Å²) in [6.07, 6.45) is 1.90. The van der Waals surface area contributed by atoms with Crippen LogP contribution in [-0.4, -0.2) is 44.5 Å². The lowest BCUT2D eigenvalue weighted by molar-refractivity contribution is 0.366. The number of aliphatic imine (C=N–C) groups is 1. The van der Waals surface area contributed by atoms with E-state index in [4.69, 9.17) is 0 Å². The van der Waals surface area contributed by atoms with Gasteiger partial charge in [-0.2, -0.15) is 0 Å². The van der Waals surface area contributed by atoms with Crippen molar-refractivity contribution < 1.29 is 0 Å². The van der Waals surface area contributed by atoms with E-state index in [1.54, 1.807) is 0 Å². The van der Waals surface area contributed by atoms with Crippen LogP contribution in [-0.2, 0) is 0 Å². The molecule has 52 valence electrons. The predicted molar refractivity (Wildman–Crippen MR) is 38.9 cm³/mol. The molecular weight excluding hydrogens is 114 g/mol. The monoisotopic (exact) mass is 127 g/mol. The molecule has 0 aromatic carbocycles. The van der Waals surface area contributed by atoms with Gasteiger partial charge >= 0.3 is 0 Å². The summed E-state index contributed by atoms with van der Waals surface area (Å²) < 4.78 is 0. The van der Waals surface area contributed by atoms with E-state index in [-0.39, 0.29) is 0 Å². The van der Waals surface area contributed by atoms with E-state index in [1.807, 2.05) is 13.4 Å². The molecule has 1 N–H and O–H groups in total. The zero-order valence-electron chi connectivity index (χ0n) is 5.80. The lowest BCUT2D eigenvalue weighted by atomic mass is 10.4. The fraction of sp³-hybridized carbons (Fsp3) is 0.833. The summed E-state index contributed by atoms with van der Waals surface area (Å²) in [7, 11) is 1.81. The maximum Gasteiger partial charge on any atom is 0.0847 e. The largest absolute Gasteiger partial charge is 0.360 e. The molecule has 9 heavy (non-hydrogen) atoms. The third-order valence-corrected chi connectivity index (χ3v) is 1.43. The maximum absolute atomic E-state index is 3.93. The van der Waals surface area contributed by atoms with Crippen LogP contribution in [0.1, 0.15) is 0 Å². The number of piperazine rings is 1. The van der Waals surface area contributed by atoms with Crippen LogP contribution < -0.4 is 5.32 Å². The second kappa shape index (κ2) is 3.45. The number of hydrogen-bond donors (Lipinski definition) is 1. The fourth-order valence-corrected chi connectivity index (χ4v) is 0.961. The van der Waals surface area contributed by atoms with Crippen LogP contribution in [0.25, 0.3) is 0 Å². The summed E-state index contributed by atoms with van der Waals surface area (Å²) >= 11 is 0. The van der Waals surface area contributed by atoms with Crippen LogP contribution in [0.4, 0.5) is 0 Å². The molecule has 3 nitrogen and oxygen atoms in total. The number of hydrogen-bond acceptors (Lipinski definition) is 2. The highest BCUT2D eigenvalue weighted by atomic mass is 15.2. The standard InChI is InChI=1S/C6H13N3/c1-7-6-9-4-2-8-3-5-9/h6,8H,2-5H2,1H3. The number of rotatable bonds is 1. The number of nitrogens with zero attached hydrogens (tertiary/aromatic N) is 2. The molecule has 3 heteroatoms. The molecule has 1 rings (SSSR count). The van der Waals surface area contributed by atoms with E-state index >= 15 is 0 Å². The van der Waals surface area contributed by atoms with Crippen molar-refractivity contribution in [2.45, 2.75) is 0 Å². The third kappa shape index (κ3) is 2.01. The second-order valence-corrected chi connectivity index (χ2v) is 2.16. The highest BCUT2D eigenvalue weighted by Gasteiger charge is 2.03. The molecule has 0 aromatic rings. The first kappa shape index (κ1) is 6.55. The molecule has 1 heterocycles. The van der Waals surface area contributed by atoms with Crippen molar-refractivity contribution in [2.75, 3.05) is 33.2 Å². The van der Waals surface area contributed by atoms with E-state index in [0.717, 1.165) is 26.2 Å². The molecule has 0 spiro atoms. The first-order valence-corrected chi connectivity index (χ1v) is 3.30. The Morgan fingerprint density at radius 2 is 2.11 bits per heavy atom. The third-order valence-electron chi connectivity index (χ3n) is 1.43. The van der Waals surface area contributed by atoms with Crippen molar-refractivity contribution in [3.63, 3.8) is 0 Å². The molecule has 0 unspecified atom stereocenters. The molecule has 1 saturated heterocycles. The van der Waals surface area contributed by atoms with Crippen LogP contribution >= 0.6 is 0 Å². The molecule has 1 aliphatic heterocycles. The Hall–Kier alpha value is -0.570. The van der Waals surface area contributed by atoms with Gasteiger partial charge in [0.1, 0.15) is 0 Å². The van der Waals surface area contributed by atoms with Gasteiger partial charge in [0.2, 0.25) is 0 Å². The quantitative estimate of drug-likeness (QED) is 0.381. The Morgan fingerprint density at radius 1 is 1.44 bits per heavy atom. The highest BCUT2D eigenvalue weighted by molar-refractivity contribution is 5.54. The average Bonchev–Trinajstić information content (AvgIpc) is 1.91. The van der Waals surface area contributed by atoms with Gasteiger partial charge in [0.05, 0.1) is 6.34 Å². The van der Waals surface area contributed by atoms with Crippen molar-refractivity contribution in [2.24, 2.45) is 4.99 Å². The molecule has 0 saturated carbocycles. The van der Waals surface area contributed by atoms with Gasteiger partial charge < -0.3 is 10.2 Å². The summed E-state index contributed by atoms with van der Waals surface area (Å²) in [5.74, 6) is 0. The zero-order valence-corrected chi connectivity index (χ0v) is 5.80. The van der Waals surface area contributed by atoms with Gasteiger partial charge in [0, 0.05) is 33.2 Å². The van der Waals surface area contributed by atoms with Gasteiger partial charge in [-0.25, -0.2) is 0 Å². The minimum atomic E-state index is 1.09. The van der Waals surface area contributed by atoms with Gasteiger partial charge in [-0.15, -0.1) is 0 Å². The summed E-state index contributed by atoms with van der Waals surface area (Å²) in [4.78, 5) is 6.15. The van der Waals surface area contributed by atoms with Gasteiger partial charge in [-0.3, -0.25) is 4.99 Å². The van der Waals surface area contributed by atoms with Crippen molar-refractivity contribution in [1.82, 2.24) is 10.2 Å². The van der Waals surface area contributed by atoms with Crippen LogP contribution in [0.15, 0.2) is 4.99 Å². The molecule has 0 atom stereocenters. The maximum atomic E-state index is 3.93. The molecular formula is C6H13N3.